The van der Waals surface area contributed by atoms with Gasteiger partial charge < -0.3 is 20.3 Å². The van der Waals surface area contributed by atoms with E-state index >= 15 is 0 Å². The van der Waals surface area contributed by atoms with Crippen LogP contribution in [0.25, 0.3) is 0 Å². The van der Waals surface area contributed by atoms with Crippen LogP contribution in [-0.4, -0.2) is 41.2 Å². The molecule has 220 valence electrons. The number of nitrogens with zero attached hydrogens (tertiary/aromatic N) is 1. The van der Waals surface area contributed by atoms with Crippen LogP contribution in [0.3, 0.4) is 0 Å². The van der Waals surface area contributed by atoms with Crippen LogP contribution >= 0.6 is 0 Å². The summed E-state index contributed by atoms with van der Waals surface area (Å²) in [4.78, 5) is 53.7. The number of amides is 3. The largest absolute Gasteiger partial charge is 0.445 e. The molecule has 2 N–H and O–H groups in total. The maximum Gasteiger partial charge on any atom is 0.407 e. The molecule has 0 spiro atoms. The van der Waals surface area contributed by atoms with Crippen molar-refractivity contribution in [2.75, 3.05) is 11.9 Å². The minimum atomic E-state index is -0.847. The lowest BCUT2D eigenvalue weighted by Gasteiger charge is -2.33. The van der Waals surface area contributed by atoms with Crippen LogP contribution < -0.4 is 10.6 Å². The number of anilines is 1. The highest BCUT2D eigenvalue weighted by atomic mass is 16.5. The number of rotatable bonds is 12. The number of carbonyl (C=O) groups excluding carboxylic acids is 4. The number of ether oxygens (including phenoxy) is 1. The first kappa shape index (κ1) is 30.7. The Hall–Kier alpha value is -5.24. The molecule has 0 aliphatic rings. The zero-order chi connectivity index (χ0) is 30.6. The third-order valence-corrected chi connectivity index (χ3v) is 6.80. The van der Waals surface area contributed by atoms with E-state index in [0.29, 0.717) is 16.8 Å². The Labute approximate surface area is 251 Å². The lowest BCUT2D eigenvalue weighted by Crippen LogP contribution is -2.52. The number of hydrogen-bond donors (Lipinski definition) is 2. The molecular weight excluding hydrogens is 542 g/mol. The molecule has 0 aliphatic heterocycles. The van der Waals surface area contributed by atoms with Gasteiger partial charge in [0.25, 0.3) is 0 Å². The summed E-state index contributed by atoms with van der Waals surface area (Å²) in [6.45, 7) is 3.62. The van der Waals surface area contributed by atoms with Crippen molar-refractivity contribution < 1.29 is 23.9 Å². The van der Waals surface area contributed by atoms with Crippen LogP contribution in [0.15, 0.2) is 115 Å². The fraction of sp³-hybridized carbons (Fsp3) is 0.200. The summed E-state index contributed by atoms with van der Waals surface area (Å²) < 4.78 is 5.24. The number of carbonyl (C=O) groups is 4. The van der Waals surface area contributed by atoms with E-state index in [0.717, 1.165) is 11.1 Å². The van der Waals surface area contributed by atoms with Gasteiger partial charge in [0, 0.05) is 23.4 Å². The van der Waals surface area contributed by atoms with Crippen molar-refractivity contribution in [3.05, 3.63) is 138 Å². The van der Waals surface area contributed by atoms with Crippen molar-refractivity contribution >= 4 is 29.4 Å². The molecule has 0 fully saturated rings. The first-order chi connectivity index (χ1) is 20.8. The lowest BCUT2D eigenvalue weighted by atomic mass is 9.99. The van der Waals surface area contributed by atoms with E-state index < -0.39 is 18.0 Å². The van der Waals surface area contributed by atoms with E-state index in [-0.39, 0.29) is 37.3 Å². The highest BCUT2D eigenvalue weighted by Gasteiger charge is 2.33. The highest BCUT2D eigenvalue weighted by molar-refractivity contribution is 6.09. The molecule has 4 aromatic carbocycles. The van der Waals surface area contributed by atoms with Crippen molar-refractivity contribution in [3.8, 4) is 0 Å². The van der Waals surface area contributed by atoms with Gasteiger partial charge in [-0.05, 0) is 41.3 Å². The van der Waals surface area contributed by atoms with E-state index in [1.807, 2.05) is 80.6 Å². The van der Waals surface area contributed by atoms with Gasteiger partial charge in [0.05, 0.1) is 0 Å². The lowest BCUT2D eigenvalue weighted by molar-refractivity contribution is -0.140. The van der Waals surface area contributed by atoms with Gasteiger partial charge >= 0.3 is 6.09 Å². The minimum absolute atomic E-state index is 0.0708. The Morgan fingerprint density at radius 1 is 0.698 bits per heavy atom. The number of hydrogen-bond acceptors (Lipinski definition) is 5. The van der Waals surface area contributed by atoms with Crippen LogP contribution in [-0.2, 0) is 27.5 Å². The quantitative estimate of drug-likeness (QED) is 0.206. The number of ketones is 1. The maximum atomic E-state index is 13.6. The van der Waals surface area contributed by atoms with Crippen molar-refractivity contribution in [2.24, 2.45) is 5.92 Å². The summed E-state index contributed by atoms with van der Waals surface area (Å²) in [7, 11) is 0. The SMILES string of the molecule is CC(C)C(C(=O)Nc1ccc(C(=O)c2ccccc2)cc1)N(Cc1ccccc1)C(=O)CNC(=O)OCc1ccccc1. The van der Waals surface area contributed by atoms with Gasteiger partial charge in [-0.1, -0.05) is 105 Å². The van der Waals surface area contributed by atoms with Gasteiger partial charge in [-0.15, -0.1) is 0 Å². The van der Waals surface area contributed by atoms with Gasteiger partial charge in [-0.25, -0.2) is 4.79 Å². The molecule has 0 saturated carbocycles. The average molecular weight is 578 g/mol. The van der Waals surface area contributed by atoms with Crippen LogP contribution in [0.5, 0.6) is 0 Å². The van der Waals surface area contributed by atoms with Crippen LogP contribution in [0.4, 0.5) is 10.5 Å². The predicted molar refractivity (Wildman–Crippen MR) is 165 cm³/mol. The Morgan fingerprint density at radius 2 is 1.23 bits per heavy atom. The van der Waals surface area contributed by atoms with Crippen molar-refractivity contribution in [1.29, 1.82) is 0 Å². The molecule has 8 nitrogen and oxygen atoms in total. The van der Waals surface area contributed by atoms with Gasteiger partial charge in [-0.2, -0.15) is 0 Å². The molecule has 8 heteroatoms. The van der Waals surface area contributed by atoms with Gasteiger partial charge in [0.1, 0.15) is 19.2 Å². The van der Waals surface area contributed by atoms with Gasteiger partial charge in [-0.3, -0.25) is 14.4 Å². The smallest absolute Gasteiger partial charge is 0.407 e. The van der Waals surface area contributed by atoms with Crippen LogP contribution in [0, 0.1) is 5.92 Å². The maximum absolute atomic E-state index is 13.6. The van der Waals surface area contributed by atoms with Gasteiger partial charge in [0.15, 0.2) is 5.78 Å². The Balaban J connectivity index is 1.45. The van der Waals surface area contributed by atoms with E-state index in [1.165, 1.54) is 4.90 Å². The normalized spacial score (nSPS) is 11.3. The van der Waals surface area contributed by atoms with E-state index in [2.05, 4.69) is 10.6 Å². The second-order valence-electron chi connectivity index (χ2n) is 10.4. The van der Waals surface area contributed by atoms with E-state index in [1.54, 1.807) is 48.5 Å². The van der Waals surface area contributed by atoms with Crippen molar-refractivity contribution in [2.45, 2.75) is 33.0 Å². The van der Waals surface area contributed by atoms with Gasteiger partial charge in [0.2, 0.25) is 11.8 Å². The van der Waals surface area contributed by atoms with Crippen LogP contribution in [0.2, 0.25) is 0 Å². The molecule has 43 heavy (non-hydrogen) atoms. The van der Waals surface area contributed by atoms with E-state index in [9.17, 15) is 19.2 Å². The summed E-state index contributed by atoms with van der Waals surface area (Å²) in [5.74, 6) is -1.18. The fourth-order valence-electron chi connectivity index (χ4n) is 4.63. The Kier molecular flexibility index (Phi) is 10.8. The summed E-state index contributed by atoms with van der Waals surface area (Å²) in [6, 6.07) is 33.3. The third kappa shape index (κ3) is 8.87. The predicted octanol–water partition coefficient (Wildman–Crippen LogP) is 5.84. The molecule has 0 heterocycles. The summed E-state index contributed by atoms with van der Waals surface area (Å²) in [5, 5.41) is 5.41. The van der Waals surface area contributed by atoms with Crippen molar-refractivity contribution in [1.82, 2.24) is 10.2 Å². The average Bonchev–Trinajstić information content (AvgIpc) is 3.03. The topological polar surface area (TPSA) is 105 Å². The molecule has 1 unspecified atom stereocenters. The van der Waals surface area contributed by atoms with E-state index in [4.69, 9.17) is 4.74 Å². The first-order valence-electron chi connectivity index (χ1n) is 14.1. The zero-order valence-corrected chi connectivity index (χ0v) is 24.2. The van der Waals surface area contributed by atoms with Crippen LogP contribution in [0.1, 0.15) is 40.9 Å². The highest BCUT2D eigenvalue weighted by Crippen LogP contribution is 2.20. The third-order valence-electron chi connectivity index (χ3n) is 6.80. The standard InChI is InChI=1S/C35H35N3O5/c1-25(2)32(34(41)37-30-20-18-29(19-21-30)33(40)28-16-10-5-11-17-28)38(23-26-12-6-3-7-13-26)31(39)22-36-35(42)43-24-27-14-8-4-9-15-27/h3-21,25,32H,22-24H2,1-2H3,(H,36,42)(H,37,41). The Morgan fingerprint density at radius 3 is 1.81 bits per heavy atom. The zero-order valence-electron chi connectivity index (χ0n) is 24.2. The summed E-state index contributed by atoms with van der Waals surface area (Å²) in [6.07, 6.45) is -0.729. The number of nitrogens with one attached hydrogen (secondary N) is 2. The molecule has 4 rings (SSSR count). The summed E-state index contributed by atoms with van der Waals surface area (Å²) in [5.41, 5.74) is 3.23. The molecule has 0 aliphatic carbocycles. The second kappa shape index (κ2) is 15.1. The summed E-state index contributed by atoms with van der Waals surface area (Å²) >= 11 is 0. The fourth-order valence-corrected chi connectivity index (χ4v) is 4.63. The second-order valence-corrected chi connectivity index (χ2v) is 10.4. The molecule has 4 aromatic rings. The van der Waals surface area contributed by atoms with Crippen molar-refractivity contribution in [3.63, 3.8) is 0 Å². The molecule has 0 radical (unpaired) electrons. The molecule has 0 saturated heterocycles. The molecule has 3 amide bonds. The molecule has 0 bridgehead atoms. The Bertz CT molecular complexity index is 1510. The number of benzene rings is 4. The molecule has 1 atom stereocenters. The first-order valence-corrected chi connectivity index (χ1v) is 14.1. The molecule has 0 aromatic heterocycles. The monoisotopic (exact) mass is 577 g/mol. The number of alkyl carbamates (subject to hydrolysis) is 1. The molecular formula is C35H35N3O5. The minimum Gasteiger partial charge on any atom is -0.445 e.